The Bertz CT molecular complexity index is 473. The van der Waals surface area contributed by atoms with Gasteiger partial charge in [0.2, 0.25) is 0 Å². The van der Waals surface area contributed by atoms with Crippen molar-refractivity contribution >= 4 is 27.8 Å². The molecule has 18 heavy (non-hydrogen) atoms. The van der Waals surface area contributed by atoms with Crippen LogP contribution in [-0.4, -0.2) is 35.0 Å². The zero-order valence-corrected chi connectivity index (χ0v) is 12.2. The first-order chi connectivity index (χ1) is 8.38. The summed E-state index contributed by atoms with van der Waals surface area (Å²) in [6.07, 6.45) is 0.376. The Kier molecular flexibility index (Phi) is 4.90. The standard InChI is InChI=1S/C13H16BrNO3/c1-4-11(13(17)18)15(3)12(16)9-6-5-8(2)7-10(9)14/h5-7,11H,4H2,1-3H3,(H,17,18). The summed E-state index contributed by atoms with van der Waals surface area (Å²) in [4.78, 5) is 24.5. The number of likely N-dealkylation sites (N-methyl/N-ethyl adjacent to an activating group) is 1. The Labute approximate surface area is 115 Å². The number of carbonyl (C=O) groups excluding carboxylic acids is 1. The third kappa shape index (κ3) is 3.10. The molecule has 0 aliphatic heterocycles. The quantitative estimate of drug-likeness (QED) is 0.929. The van der Waals surface area contributed by atoms with Gasteiger partial charge in [0.25, 0.3) is 5.91 Å². The highest BCUT2D eigenvalue weighted by Crippen LogP contribution is 2.20. The number of aryl methyl sites for hydroxylation is 1. The van der Waals surface area contributed by atoms with Crippen molar-refractivity contribution in [2.45, 2.75) is 26.3 Å². The summed E-state index contributed by atoms with van der Waals surface area (Å²) in [6.45, 7) is 3.67. The Morgan fingerprint density at radius 2 is 2.06 bits per heavy atom. The monoisotopic (exact) mass is 313 g/mol. The van der Waals surface area contributed by atoms with E-state index in [0.717, 1.165) is 5.56 Å². The van der Waals surface area contributed by atoms with E-state index in [2.05, 4.69) is 15.9 Å². The van der Waals surface area contributed by atoms with E-state index in [1.807, 2.05) is 19.1 Å². The van der Waals surface area contributed by atoms with Crippen LogP contribution in [0, 0.1) is 6.92 Å². The van der Waals surface area contributed by atoms with Crippen molar-refractivity contribution in [1.82, 2.24) is 4.90 Å². The van der Waals surface area contributed by atoms with E-state index in [-0.39, 0.29) is 5.91 Å². The largest absolute Gasteiger partial charge is 0.480 e. The van der Waals surface area contributed by atoms with E-state index in [4.69, 9.17) is 5.11 Å². The topological polar surface area (TPSA) is 57.6 Å². The Balaban J connectivity index is 3.02. The van der Waals surface area contributed by atoms with Gasteiger partial charge in [0.05, 0.1) is 5.56 Å². The van der Waals surface area contributed by atoms with Crippen molar-refractivity contribution < 1.29 is 14.7 Å². The SMILES string of the molecule is CCC(C(=O)O)N(C)C(=O)c1ccc(C)cc1Br. The number of halogens is 1. The Morgan fingerprint density at radius 1 is 1.44 bits per heavy atom. The fourth-order valence-electron chi connectivity index (χ4n) is 1.74. The highest BCUT2D eigenvalue weighted by atomic mass is 79.9. The van der Waals surface area contributed by atoms with Gasteiger partial charge in [-0.3, -0.25) is 4.79 Å². The maximum atomic E-state index is 12.2. The smallest absolute Gasteiger partial charge is 0.326 e. The second-order valence-electron chi connectivity index (χ2n) is 4.16. The second kappa shape index (κ2) is 6.00. The van der Waals surface area contributed by atoms with Crippen molar-refractivity contribution in [2.75, 3.05) is 7.05 Å². The van der Waals surface area contributed by atoms with Crippen LogP contribution in [0.1, 0.15) is 29.3 Å². The highest BCUT2D eigenvalue weighted by Gasteiger charge is 2.26. The molecule has 1 amide bonds. The summed E-state index contributed by atoms with van der Waals surface area (Å²) >= 11 is 3.33. The molecule has 1 N–H and O–H groups in total. The van der Waals surface area contributed by atoms with E-state index in [9.17, 15) is 9.59 Å². The predicted octanol–water partition coefficient (Wildman–Crippen LogP) is 2.69. The minimum absolute atomic E-state index is 0.295. The molecule has 0 spiro atoms. The van der Waals surface area contributed by atoms with Crippen LogP contribution in [0.4, 0.5) is 0 Å². The van der Waals surface area contributed by atoms with Gasteiger partial charge in [-0.2, -0.15) is 0 Å². The molecule has 1 unspecified atom stereocenters. The number of nitrogens with zero attached hydrogens (tertiary/aromatic N) is 1. The molecule has 0 heterocycles. The lowest BCUT2D eigenvalue weighted by atomic mass is 10.1. The van der Waals surface area contributed by atoms with Gasteiger partial charge in [0.15, 0.2) is 0 Å². The number of carbonyl (C=O) groups is 2. The Morgan fingerprint density at radius 3 is 2.50 bits per heavy atom. The van der Waals surface area contributed by atoms with Crippen LogP contribution in [0.3, 0.4) is 0 Å². The zero-order chi connectivity index (χ0) is 13.9. The number of hydrogen-bond donors (Lipinski definition) is 1. The maximum Gasteiger partial charge on any atom is 0.326 e. The molecule has 1 atom stereocenters. The number of carboxylic acid groups (broad SMARTS) is 1. The average Bonchev–Trinajstić information content (AvgIpc) is 2.28. The van der Waals surface area contributed by atoms with E-state index in [1.54, 1.807) is 13.0 Å². The normalized spacial score (nSPS) is 12.0. The lowest BCUT2D eigenvalue weighted by Crippen LogP contribution is -2.42. The molecule has 0 fully saturated rings. The third-order valence-corrected chi connectivity index (χ3v) is 3.47. The van der Waals surface area contributed by atoms with Gasteiger partial charge in [-0.05, 0) is 47.0 Å². The van der Waals surface area contributed by atoms with E-state index >= 15 is 0 Å². The van der Waals surface area contributed by atoms with Crippen LogP contribution in [0.15, 0.2) is 22.7 Å². The molecule has 1 aromatic rings. The minimum Gasteiger partial charge on any atom is -0.480 e. The fourth-order valence-corrected chi connectivity index (χ4v) is 2.40. The summed E-state index contributed by atoms with van der Waals surface area (Å²) in [7, 11) is 1.51. The van der Waals surface area contributed by atoms with Crippen LogP contribution in [0.5, 0.6) is 0 Å². The van der Waals surface area contributed by atoms with E-state index in [1.165, 1.54) is 11.9 Å². The first-order valence-electron chi connectivity index (χ1n) is 5.64. The van der Waals surface area contributed by atoms with Gasteiger partial charge < -0.3 is 10.0 Å². The van der Waals surface area contributed by atoms with Gasteiger partial charge in [-0.25, -0.2) is 4.79 Å². The van der Waals surface area contributed by atoms with Gasteiger partial charge in [-0.15, -0.1) is 0 Å². The summed E-state index contributed by atoms with van der Waals surface area (Å²) < 4.78 is 0.680. The number of rotatable bonds is 4. The van der Waals surface area contributed by atoms with Crippen LogP contribution >= 0.6 is 15.9 Å². The maximum absolute atomic E-state index is 12.2. The molecular weight excluding hydrogens is 298 g/mol. The van der Waals surface area contributed by atoms with Crippen LogP contribution in [0.2, 0.25) is 0 Å². The number of aliphatic carboxylic acids is 1. The number of hydrogen-bond acceptors (Lipinski definition) is 2. The number of amides is 1. The lowest BCUT2D eigenvalue weighted by Gasteiger charge is -2.24. The molecule has 0 aromatic heterocycles. The van der Waals surface area contributed by atoms with E-state index < -0.39 is 12.0 Å². The minimum atomic E-state index is -0.989. The molecule has 0 saturated heterocycles. The van der Waals surface area contributed by atoms with Crippen LogP contribution in [0.25, 0.3) is 0 Å². The molecule has 0 saturated carbocycles. The highest BCUT2D eigenvalue weighted by molar-refractivity contribution is 9.10. The molecule has 0 aliphatic rings. The van der Waals surface area contributed by atoms with Crippen LogP contribution < -0.4 is 0 Å². The molecule has 5 heteroatoms. The van der Waals surface area contributed by atoms with Gasteiger partial charge in [-0.1, -0.05) is 13.0 Å². The van der Waals surface area contributed by atoms with Crippen molar-refractivity contribution in [3.05, 3.63) is 33.8 Å². The fraction of sp³-hybridized carbons (Fsp3) is 0.385. The summed E-state index contributed by atoms with van der Waals surface area (Å²) in [6, 6.07) is 4.56. The van der Waals surface area contributed by atoms with Crippen molar-refractivity contribution in [1.29, 1.82) is 0 Å². The summed E-state index contributed by atoms with van der Waals surface area (Å²) in [5.41, 5.74) is 1.51. The van der Waals surface area contributed by atoms with Gasteiger partial charge in [0.1, 0.15) is 6.04 Å². The molecule has 4 nitrogen and oxygen atoms in total. The molecule has 0 radical (unpaired) electrons. The second-order valence-corrected chi connectivity index (χ2v) is 5.02. The first kappa shape index (κ1) is 14.7. The molecule has 1 aromatic carbocycles. The summed E-state index contributed by atoms with van der Waals surface area (Å²) in [5.74, 6) is -1.28. The third-order valence-electron chi connectivity index (χ3n) is 2.81. The Hall–Kier alpha value is -1.36. The molecule has 0 bridgehead atoms. The molecule has 98 valence electrons. The molecule has 0 aliphatic carbocycles. The van der Waals surface area contributed by atoms with Gasteiger partial charge >= 0.3 is 5.97 Å². The average molecular weight is 314 g/mol. The lowest BCUT2D eigenvalue weighted by molar-refractivity contribution is -0.142. The van der Waals surface area contributed by atoms with Crippen LogP contribution in [-0.2, 0) is 4.79 Å². The molecular formula is C13H16BrNO3. The molecule has 1 rings (SSSR count). The van der Waals surface area contributed by atoms with E-state index in [0.29, 0.717) is 16.5 Å². The first-order valence-corrected chi connectivity index (χ1v) is 6.43. The number of carboxylic acids is 1. The zero-order valence-electron chi connectivity index (χ0n) is 10.6. The number of benzene rings is 1. The van der Waals surface area contributed by atoms with Gasteiger partial charge in [0, 0.05) is 11.5 Å². The predicted molar refractivity (Wildman–Crippen MR) is 72.7 cm³/mol. The summed E-state index contributed by atoms with van der Waals surface area (Å²) in [5, 5.41) is 9.05. The van der Waals surface area contributed by atoms with Crippen molar-refractivity contribution in [3.63, 3.8) is 0 Å². The van der Waals surface area contributed by atoms with Crippen molar-refractivity contribution in [3.8, 4) is 0 Å². The van der Waals surface area contributed by atoms with Crippen molar-refractivity contribution in [2.24, 2.45) is 0 Å².